The summed E-state index contributed by atoms with van der Waals surface area (Å²) in [5, 5.41) is 1.93. The maximum atomic E-state index is 13.1. The summed E-state index contributed by atoms with van der Waals surface area (Å²) in [5.74, 6) is 1.74. The van der Waals surface area contributed by atoms with E-state index < -0.39 is 0 Å². The Bertz CT molecular complexity index is 915. The molecule has 1 saturated heterocycles. The number of carbonyl (C=O) groups excluding carboxylic acids is 1. The maximum absolute atomic E-state index is 13.1. The zero-order valence-corrected chi connectivity index (χ0v) is 17.3. The van der Waals surface area contributed by atoms with Crippen molar-refractivity contribution in [2.24, 2.45) is 0 Å². The summed E-state index contributed by atoms with van der Waals surface area (Å²) < 4.78 is 13.1. The Morgan fingerprint density at radius 1 is 1.34 bits per heavy atom. The van der Waals surface area contributed by atoms with Gasteiger partial charge in [-0.1, -0.05) is 18.2 Å². The standard InChI is InChI=1S/C22H25N3O3S/c1-27-18-8-6-17(7-9-18)14-24-11-10-23-21(24)16-25(15-19-4-2-12-28-19)22(26)20-5-3-13-29-20/h3,5-11,13,19H,2,4,12,14-16H2,1H3. The van der Waals surface area contributed by atoms with Gasteiger partial charge in [0.1, 0.15) is 11.6 Å². The molecule has 0 bridgehead atoms. The Kier molecular flexibility index (Phi) is 6.27. The smallest absolute Gasteiger partial charge is 0.264 e. The first-order chi connectivity index (χ1) is 14.2. The van der Waals surface area contributed by atoms with Crippen molar-refractivity contribution >= 4 is 17.2 Å². The number of aromatic nitrogens is 2. The first-order valence-electron chi connectivity index (χ1n) is 9.80. The van der Waals surface area contributed by atoms with E-state index in [1.54, 1.807) is 13.3 Å². The second-order valence-corrected chi connectivity index (χ2v) is 8.07. The van der Waals surface area contributed by atoms with E-state index in [2.05, 4.69) is 9.55 Å². The average molecular weight is 412 g/mol. The molecule has 1 amide bonds. The molecule has 3 aromatic rings. The van der Waals surface area contributed by atoms with E-state index in [4.69, 9.17) is 9.47 Å². The van der Waals surface area contributed by atoms with E-state index in [0.717, 1.165) is 41.5 Å². The molecule has 1 atom stereocenters. The minimum Gasteiger partial charge on any atom is -0.497 e. The van der Waals surface area contributed by atoms with Gasteiger partial charge in [0.25, 0.3) is 5.91 Å². The number of imidazole rings is 1. The van der Waals surface area contributed by atoms with Gasteiger partial charge in [-0.25, -0.2) is 4.98 Å². The summed E-state index contributed by atoms with van der Waals surface area (Å²) in [6.45, 7) is 2.52. The molecule has 6 nitrogen and oxygen atoms in total. The van der Waals surface area contributed by atoms with E-state index in [1.807, 2.05) is 52.9 Å². The Morgan fingerprint density at radius 2 is 2.21 bits per heavy atom. The Morgan fingerprint density at radius 3 is 2.90 bits per heavy atom. The summed E-state index contributed by atoms with van der Waals surface area (Å²) in [7, 11) is 1.66. The maximum Gasteiger partial charge on any atom is 0.264 e. The van der Waals surface area contributed by atoms with Gasteiger partial charge in [0.2, 0.25) is 0 Å². The SMILES string of the molecule is COc1ccc(Cn2ccnc2CN(CC2CCCO2)C(=O)c2cccs2)cc1. The van der Waals surface area contributed by atoms with Crippen molar-refractivity contribution in [1.82, 2.24) is 14.5 Å². The van der Waals surface area contributed by atoms with E-state index in [0.29, 0.717) is 19.6 Å². The number of benzene rings is 1. The molecule has 0 radical (unpaired) electrons. The molecule has 152 valence electrons. The van der Waals surface area contributed by atoms with Gasteiger partial charge < -0.3 is 18.9 Å². The highest BCUT2D eigenvalue weighted by atomic mass is 32.1. The van der Waals surface area contributed by atoms with Crippen molar-refractivity contribution in [2.45, 2.75) is 32.0 Å². The summed E-state index contributed by atoms with van der Waals surface area (Å²) in [6, 6.07) is 11.8. The molecule has 2 aromatic heterocycles. The highest BCUT2D eigenvalue weighted by Crippen LogP contribution is 2.20. The highest BCUT2D eigenvalue weighted by molar-refractivity contribution is 7.12. The van der Waals surface area contributed by atoms with Crippen molar-refractivity contribution < 1.29 is 14.3 Å². The van der Waals surface area contributed by atoms with Gasteiger partial charge in [-0.05, 0) is 42.0 Å². The fraction of sp³-hybridized carbons (Fsp3) is 0.364. The lowest BCUT2D eigenvalue weighted by Gasteiger charge is -2.25. The molecule has 1 aliphatic rings. The quantitative estimate of drug-likeness (QED) is 0.565. The molecule has 3 heterocycles. The predicted molar refractivity (Wildman–Crippen MR) is 112 cm³/mol. The van der Waals surface area contributed by atoms with Crippen molar-refractivity contribution in [3.63, 3.8) is 0 Å². The zero-order chi connectivity index (χ0) is 20.1. The van der Waals surface area contributed by atoms with Crippen LogP contribution < -0.4 is 4.74 Å². The van der Waals surface area contributed by atoms with Gasteiger partial charge in [0.15, 0.2) is 0 Å². The van der Waals surface area contributed by atoms with Gasteiger partial charge in [-0.3, -0.25) is 4.79 Å². The van der Waals surface area contributed by atoms with Crippen LogP contribution >= 0.6 is 11.3 Å². The van der Waals surface area contributed by atoms with Crippen LogP contribution in [0.5, 0.6) is 5.75 Å². The number of amides is 1. The topological polar surface area (TPSA) is 56.6 Å². The largest absolute Gasteiger partial charge is 0.497 e. The molecule has 1 unspecified atom stereocenters. The van der Waals surface area contributed by atoms with Crippen LogP contribution in [0.2, 0.25) is 0 Å². The Labute approximate surface area is 174 Å². The van der Waals surface area contributed by atoms with Crippen molar-refractivity contribution in [2.75, 3.05) is 20.3 Å². The molecule has 0 saturated carbocycles. The molecule has 0 spiro atoms. The number of methoxy groups -OCH3 is 1. The van der Waals surface area contributed by atoms with Gasteiger partial charge in [0, 0.05) is 32.1 Å². The number of nitrogens with zero attached hydrogens (tertiary/aromatic N) is 3. The van der Waals surface area contributed by atoms with Crippen LogP contribution in [-0.4, -0.2) is 46.7 Å². The second kappa shape index (κ2) is 9.24. The number of ether oxygens (including phenoxy) is 2. The van der Waals surface area contributed by atoms with Crippen LogP contribution in [0.4, 0.5) is 0 Å². The fourth-order valence-corrected chi connectivity index (χ4v) is 4.23. The van der Waals surface area contributed by atoms with Crippen LogP contribution in [0.1, 0.15) is 33.9 Å². The molecule has 4 rings (SSSR count). The van der Waals surface area contributed by atoms with Crippen LogP contribution in [0.3, 0.4) is 0 Å². The molecule has 1 aromatic carbocycles. The first kappa shape index (κ1) is 19.7. The van der Waals surface area contributed by atoms with Crippen LogP contribution in [0.25, 0.3) is 0 Å². The van der Waals surface area contributed by atoms with E-state index in [1.165, 1.54) is 11.3 Å². The second-order valence-electron chi connectivity index (χ2n) is 7.12. The summed E-state index contributed by atoms with van der Waals surface area (Å²) in [6.07, 6.45) is 5.90. The third kappa shape index (κ3) is 4.86. The molecular weight excluding hydrogens is 386 g/mol. The highest BCUT2D eigenvalue weighted by Gasteiger charge is 2.25. The van der Waals surface area contributed by atoms with Crippen molar-refractivity contribution in [3.8, 4) is 5.75 Å². The Balaban J connectivity index is 1.51. The van der Waals surface area contributed by atoms with Crippen molar-refractivity contribution in [3.05, 3.63) is 70.4 Å². The third-order valence-corrected chi connectivity index (χ3v) is 5.97. The van der Waals surface area contributed by atoms with E-state index in [-0.39, 0.29) is 12.0 Å². The monoisotopic (exact) mass is 411 g/mol. The molecule has 0 N–H and O–H groups in total. The Hall–Kier alpha value is -2.64. The van der Waals surface area contributed by atoms with Gasteiger partial charge >= 0.3 is 0 Å². The number of carbonyl (C=O) groups is 1. The molecule has 1 aliphatic heterocycles. The fourth-order valence-electron chi connectivity index (χ4n) is 3.54. The summed E-state index contributed by atoms with van der Waals surface area (Å²) in [4.78, 5) is 20.2. The van der Waals surface area contributed by atoms with Crippen molar-refractivity contribution in [1.29, 1.82) is 0 Å². The third-order valence-electron chi connectivity index (χ3n) is 5.11. The minimum absolute atomic E-state index is 0.0366. The molecule has 0 aliphatic carbocycles. The van der Waals surface area contributed by atoms with Gasteiger partial charge in [-0.15, -0.1) is 11.3 Å². The minimum atomic E-state index is 0.0366. The number of thiophene rings is 1. The van der Waals surface area contributed by atoms with Crippen LogP contribution in [-0.2, 0) is 17.8 Å². The van der Waals surface area contributed by atoms with E-state index in [9.17, 15) is 4.79 Å². The summed E-state index contributed by atoms with van der Waals surface area (Å²) in [5.41, 5.74) is 1.15. The number of hydrogen-bond donors (Lipinski definition) is 0. The summed E-state index contributed by atoms with van der Waals surface area (Å²) >= 11 is 1.47. The molecule has 1 fully saturated rings. The average Bonchev–Trinajstić information content (AvgIpc) is 3.51. The van der Waals surface area contributed by atoms with Gasteiger partial charge in [-0.2, -0.15) is 0 Å². The zero-order valence-electron chi connectivity index (χ0n) is 16.5. The predicted octanol–water partition coefficient (Wildman–Crippen LogP) is 3.82. The lowest BCUT2D eigenvalue weighted by Crippen LogP contribution is -2.37. The lowest BCUT2D eigenvalue weighted by molar-refractivity contribution is 0.0502. The van der Waals surface area contributed by atoms with E-state index >= 15 is 0 Å². The van der Waals surface area contributed by atoms with Gasteiger partial charge in [0.05, 0.1) is 24.6 Å². The normalized spacial score (nSPS) is 16.1. The lowest BCUT2D eigenvalue weighted by atomic mass is 10.2. The molecular formula is C22H25N3O3S. The van der Waals surface area contributed by atoms with Crippen LogP contribution in [0, 0.1) is 0 Å². The molecule has 29 heavy (non-hydrogen) atoms. The molecule has 7 heteroatoms. The van der Waals surface area contributed by atoms with Crippen LogP contribution in [0.15, 0.2) is 54.2 Å². The number of rotatable bonds is 8. The number of hydrogen-bond acceptors (Lipinski definition) is 5. The first-order valence-corrected chi connectivity index (χ1v) is 10.7.